The van der Waals surface area contributed by atoms with Gasteiger partial charge < -0.3 is 0 Å². The zero-order valence-corrected chi connectivity index (χ0v) is 15.8. The summed E-state index contributed by atoms with van der Waals surface area (Å²) in [5.41, 5.74) is 2.63. The molecular weight excluding hydrogens is 370 g/mol. The van der Waals surface area contributed by atoms with Gasteiger partial charge in [-0.2, -0.15) is 0 Å². The van der Waals surface area contributed by atoms with E-state index in [-0.39, 0.29) is 11.4 Å². The third-order valence-electron chi connectivity index (χ3n) is 3.90. The molecule has 0 atom stereocenters. The van der Waals surface area contributed by atoms with E-state index in [1.165, 1.54) is 6.07 Å². The van der Waals surface area contributed by atoms with Crippen LogP contribution in [-0.2, 0) is 16.4 Å². The molecule has 0 radical (unpaired) electrons. The van der Waals surface area contributed by atoms with Gasteiger partial charge in [-0.05, 0) is 36.6 Å². The first-order valence-corrected chi connectivity index (χ1v) is 9.94. The molecule has 0 bridgehead atoms. The van der Waals surface area contributed by atoms with E-state index in [4.69, 9.17) is 11.6 Å². The molecule has 5 nitrogen and oxygen atoms in total. The lowest BCUT2D eigenvalue weighted by molar-refractivity contribution is 0.581. The fraction of sp³-hybridized carbons (Fsp3) is 0.158. The number of sulfonamides is 1. The van der Waals surface area contributed by atoms with Crippen molar-refractivity contribution in [2.75, 3.05) is 6.54 Å². The van der Waals surface area contributed by atoms with Crippen molar-refractivity contribution >= 4 is 21.6 Å². The van der Waals surface area contributed by atoms with Gasteiger partial charge in [-0.1, -0.05) is 48.0 Å². The predicted octanol–water partition coefficient (Wildman–Crippen LogP) is 3.63. The standard InChI is InChI=1S/C19H18ClN3O2S/c1-14-7-8-17(11-18(14)20)26(24,25)23-10-9-15-12-21-19(22-13-15)16-5-3-2-4-6-16/h2-8,11-13,23H,9-10H2,1H3. The van der Waals surface area contributed by atoms with Gasteiger partial charge in [0.2, 0.25) is 10.0 Å². The SMILES string of the molecule is Cc1ccc(S(=O)(=O)NCCc2cnc(-c3ccccc3)nc2)cc1Cl. The van der Waals surface area contributed by atoms with Crippen molar-refractivity contribution in [2.24, 2.45) is 0 Å². The van der Waals surface area contributed by atoms with E-state index < -0.39 is 10.0 Å². The molecule has 0 aliphatic carbocycles. The number of rotatable bonds is 6. The number of benzene rings is 2. The van der Waals surface area contributed by atoms with Gasteiger partial charge in [0.1, 0.15) is 0 Å². The maximum Gasteiger partial charge on any atom is 0.240 e. The Morgan fingerprint density at radius 1 is 1.04 bits per heavy atom. The van der Waals surface area contributed by atoms with Crippen LogP contribution in [0.3, 0.4) is 0 Å². The zero-order valence-electron chi connectivity index (χ0n) is 14.2. The molecule has 1 heterocycles. The normalized spacial score (nSPS) is 11.5. The molecule has 0 saturated heterocycles. The number of nitrogens with one attached hydrogen (secondary N) is 1. The second-order valence-corrected chi connectivity index (χ2v) is 8.01. The number of aryl methyl sites for hydroxylation is 1. The second kappa shape index (κ2) is 7.95. The van der Waals surface area contributed by atoms with Crippen molar-refractivity contribution in [2.45, 2.75) is 18.2 Å². The molecule has 0 amide bonds. The van der Waals surface area contributed by atoms with E-state index >= 15 is 0 Å². The quantitative estimate of drug-likeness (QED) is 0.701. The fourth-order valence-corrected chi connectivity index (χ4v) is 3.68. The van der Waals surface area contributed by atoms with Crippen LogP contribution in [0, 0.1) is 6.92 Å². The van der Waals surface area contributed by atoms with E-state index in [2.05, 4.69) is 14.7 Å². The van der Waals surface area contributed by atoms with Gasteiger partial charge in [-0.3, -0.25) is 0 Å². The summed E-state index contributed by atoms with van der Waals surface area (Å²) in [5, 5.41) is 0.428. The molecule has 0 aliphatic rings. The molecular formula is C19H18ClN3O2S. The Bertz CT molecular complexity index is 991. The lowest BCUT2D eigenvalue weighted by atomic mass is 10.2. The molecule has 0 saturated carbocycles. The van der Waals surface area contributed by atoms with Gasteiger partial charge in [0.15, 0.2) is 5.82 Å². The molecule has 0 aliphatic heterocycles. The topological polar surface area (TPSA) is 72.0 Å². The van der Waals surface area contributed by atoms with Crippen LogP contribution in [0.5, 0.6) is 0 Å². The van der Waals surface area contributed by atoms with Crippen molar-refractivity contribution < 1.29 is 8.42 Å². The largest absolute Gasteiger partial charge is 0.240 e. The van der Waals surface area contributed by atoms with E-state index in [1.807, 2.05) is 37.3 Å². The summed E-state index contributed by atoms with van der Waals surface area (Å²) in [7, 11) is -3.60. The van der Waals surface area contributed by atoms with Gasteiger partial charge in [-0.25, -0.2) is 23.1 Å². The van der Waals surface area contributed by atoms with Crippen LogP contribution in [0.15, 0.2) is 65.8 Å². The average Bonchev–Trinajstić information content (AvgIpc) is 2.65. The first-order chi connectivity index (χ1) is 12.5. The maximum absolute atomic E-state index is 12.3. The van der Waals surface area contributed by atoms with Gasteiger partial charge in [0.25, 0.3) is 0 Å². The Labute approximate surface area is 158 Å². The van der Waals surface area contributed by atoms with E-state index in [0.717, 1.165) is 16.7 Å². The zero-order chi connectivity index (χ0) is 18.6. The summed E-state index contributed by atoms with van der Waals surface area (Å²) in [6, 6.07) is 14.4. The summed E-state index contributed by atoms with van der Waals surface area (Å²) in [5.74, 6) is 0.643. The average molecular weight is 388 g/mol. The van der Waals surface area contributed by atoms with Crippen molar-refractivity contribution in [3.8, 4) is 11.4 Å². The number of aromatic nitrogens is 2. The molecule has 7 heteroatoms. The summed E-state index contributed by atoms with van der Waals surface area (Å²) in [4.78, 5) is 8.83. The first kappa shape index (κ1) is 18.5. The van der Waals surface area contributed by atoms with Crippen molar-refractivity contribution in [1.29, 1.82) is 0 Å². The molecule has 1 aromatic heterocycles. The third kappa shape index (κ3) is 4.46. The van der Waals surface area contributed by atoms with Crippen LogP contribution in [0.4, 0.5) is 0 Å². The van der Waals surface area contributed by atoms with Gasteiger partial charge >= 0.3 is 0 Å². The second-order valence-electron chi connectivity index (χ2n) is 5.84. The Hall–Kier alpha value is -2.28. The molecule has 0 unspecified atom stereocenters. The summed E-state index contributed by atoms with van der Waals surface area (Å²) >= 11 is 6.01. The number of halogens is 1. The Balaban J connectivity index is 1.61. The van der Waals surface area contributed by atoms with Crippen LogP contribution >= 0.6 is 11.6 Å². The maximum atomic E-state index is 12.3. The monoisotopic (exact) mass is 387 g/mol. The Morgan fingerprint density at radius 3 is 2.38 bits per heavy atom. The summed E-state index contributed by atoms with van der Waals surface area (Å²) in [6.45, 7) is 2.08. The predicted molar refractivity (Wildman–Crippen MR) is 103 cm³/mol. The minimum Gasteiger partial charge on any atom is -0.236 e. The number of hydrogen-bond acceptors (Lipinski definition) is 4. The lowest BCUT2D eigenvalue weighted by Crippen LogP contribution is -2.26. The summed E-state index contributed by atoms with van der Waals surface area (Å²) < 4.78 is 27.2. The lowest BCUT2D eigenvalue weighted by Gasteiger charge is -2.08. The molecule has 134 valence electrons. The van der Waals surface area contributed by atoms with Gasteiger partial charge in [0.05, 0.1) is 4.90 Å². The molecule has 1 N–H and O–H groups in total. The van der Waals surface area contributed by atoms with Gasteiger partial charge in [-0.15, -0.1) is 0 Å². The smallest absolute Gasteiger partial charge is 0.236 e. The number of hydrogen-bond donors (Lipinski definition) is 1. The first-order valence-electron chi connectivity index (χ1n) is 8.08. The van der Waals surface area contributed by atoms with Gasteiger partial charge in [0, 0.05) is 29.5 Å². The van der Waals surface area contributed by atoms with E-state index in [0.29, 0.717) is 17.3 Å². The van der Waals surface area contributed by atoms with Crippen LogP contribution in [0.1, 0.15) is 11.1 Å². The molecule has 3 aromatic rings. The number of nitrogens with zero attached hydrogens (tertiary/aromatic N) is 2. The molecule has 3 rings (SSSR count). The minimum atomic E-state index is -3.60. The van der Waals surface area contributed by atoms with Crippen LogP contribution in [0.2, 0.25) is 5.02 Å². The van der Waals surface area contributed by atoms with E-state index in [9.17, 15) is 8.42 Å². The highest BCUT2D eigenvalue weighted by molar-refractivity contribution is 7.89. The van der Waals surface area contributed by atoms with Crippen molar-refractivity contribution in [3.05, 3.63) is 77.1 Å². The molecule has 0 fully saturated rings. The molecule has 26 heavy (non-hydrogen) atoms. The Morgan fingerprint density at radius 2 is 1.73 bits per heavy atom. The highest BCUT2D eigenvalue weighted by Crippen LogP contribution is 2.20. The Kier molecular flexibility index (Phi) is 5.66. The highest BCUT2D eigenvalue weighted by Gasteiger charge is 2.14. The van der Waals surface area contributed by atoms with Crippen molar-refractivity contribution in [1.82, 2.24) is 14.7 Å². The molecule has 0 spiro atoms. The summed E-state index contributed by atoms with van der Waals surface area (Å²) in [6.07, 6.45) is 3.92. The van der Waals surface area contributed by atoms with Crippen molar-refractivity contribution in [3.63, 3.8) is 0 Å². The van der Waals surface area contributed by atoms with E-state index in [1.54, 1.807) is 24.5 Å². The molecule has 2 aromatic carbocycles. The fourth-order valence-electron chi connectivity index (χ4n) is 2.37. The van der Waals surface area contributed by atoms with Crippen LogP contribution in [0.25, 0.3) is 11.4 Å². The highest BCUT2D eigenvalue weighted by atomic mass is 35.5. The minimum absolute atomic E-state index is 0.156. The van der Waals surface area contributed by atoms with Crippen LogP contribution in [-0.4, -0.2) is 24.9 Å². The van der Waals surface area contributed by atoms with Crippen LogP contribution < -0.4 is 4.72 Å². The third-order valence-corrected chi connectivity index (χ3v) is 5.76.